The van der Waals surface area contributed by atoms with Gasteiger partial charge in [-0.15, -0.1) is 0 Å². The van der Waals surface area contributed by atoms with Crippen LogP contribution < -0.4 is 10.5 Å². The van der Waals surface area contributed by atoms with Gasteiger partial charge in [-0.3, -0.25) is 0 Å². The number of anilines is 2. The van der Waals surface area contributed by atoms with E-state index in [-0.39, 0.29) is 21.7 Å². The highest BCUT2D eigenvalue weighted by Gasteiger charge is 2.18. The van der Waals surface area contributed by atoms with Gasteiger partial charge >= 0.3 is 0 Å². The maximum Gasteiger partial charge on any atom is 0.264 e. The number of hydrogen-bond acceptors (Lipinski definition) is 5. The van der Waals surface area contributed by atoms with Crippen molar-refractivity contribution in [3.63, 3.8) is 0 Å². The molecule has 1 aromatic carbocycles. The van der Waals surface area contributed by atoms with Gasteiger partial charge in [-0.2, -0.15) is 0 Å². The molecule has 0 saturated heterocycles. The third-order valence-electron chi connectivity index (χ3n) is 2.41. The molecular weight excluding hydrogens is 323 g/mol. The van der Waals surface area contributed by atoms with Gasteiger partial charge in [0.15, 0.2) is 0 Å². The zero-order valence-electron chi connectivity index (χ0n) is 10.3. The first-order valence-electron chi connectivity index (χ1n) is 5.36. The maximum absolute atomic E-state index is 12.2. The fourth-order valence-corrected chi connectivity index (χ4v) is 2.80. The molecule has 0 spiro atoms. The van der Waals surface area contributed by atoms with E-state index in [4.69, 9.17) is 28.9 Å². The predicted molar refractivity (Wildman–Crippen MR) is 78.5 cm³/mol. The average molecular weight is 333 g/mol. The van der Waals surface area contributed by atoms with Crippen molar-refractivity contribution >= 4 is 44.9 Å². The van der Waals surface area contributed by atoms with Gasteiger partial charge in [0.2, 0.25) is 5.95 Å². The molecule has 2 rings (SSSR count). The Morgan fingerprint density at radius 2 is 2.00 bits per heavy atom. The molecule has 0 atom stereocenters. The molecule has 0 bridgehead atoms. The van der Waals surface area contributed by atoms with Crippen molar-refractivity contribution in [1.82, 2.24) is 9.97 Å². The summed E-state index contributed by atoms with van der Waals surface area (Å²) >= 11 is 11.6. The summed E-state index contributed by atoms with van der Waals surface area (Å²) in [6, 6.07) is 4.11. The molecule has 20 heavy (non-hydrogen) atoms. The molecule has 106 valence electrons. The molecule has 2 aromatic rings. The largest absolute Gasteiger partial charge is 0.397 e. The van der Waals surface area contributed by atoms with Crippen molar-refractivity contribution in [3.05, 3.63) is 40.1 Å². The van der Waals surface area contributed by atoms with E-state index < -0.39 is 10.0 Å². The van der Waals surface area contributed by atoms with E-state index in [2.05, 4.69) is 14.7 Å². The summed E-state index contributed by atoms with van der Waals surface area (Å²) in [7, 11) is -3.86. The summed E-state index contributed by atoms with van der Waals surface area (Å²) in [4.78, 5) is 7.50. The first kappa shape index (κ1) is 14.8. The van der Waals surface area contributed by atoms with Crippen LogP contribution in [-0.4, -0.2) is 18.4 Å². The Morgan fingerprint density at radius 3 is 2.60 bits per heavy atom. The lowest BCUT2D eigenvalue weighted by atomic mass is 10.2. The van der Waals surface area contributed by atoms with E-state index in [1.807, 2.05) is 0 Å². The van der Waals surface area contributed by atoms with Crippen LogP contribution in [0.1, 0.15) is 5.56 Å². The minimum atomic E-state index is -3.86. The second-order valence-electron chi connectivity index (χ2n) is 3.95. The van der Waals surface area contributed by atoms with E-state index in [0.717, 1.165) is 0 Å². The zero-order chi connectivity index (χ0) is 14.9. The van der Waals surface area contributed by atoms with Crippen molar-refractivity contribution < 1.29 is 8.42 Å². The summed E-state index contributed by atoms with van der Waals surface area (Å²) in [5.41, 5.74) is 6.39. The number of nitrogens with two attached hydrogens (primary N) is 1. The fourth-order valence-electron chi connectivity index (χ4n) is 1.48. The molecular formula is C11H10Cl2N4O2S. The Balaban J connectivity index is 2.41. The third kappa shape index (κ3) is 3.12. The molecule has 9 heteroatoms. The quantitative estimate of drug-likeness (QED) is 0.664. The van der Waals surface area contributed by atoms with Gasteiger partial charge in [-0.25, -0.2) is 23.1 Å². The van der Waals surface area contributed by atoms with E-state index in [9.17, 15) is 8.42 Å². The maximum atomic E-state index is 12.2. The molecule has 0 radical (unpaired) electrons. The Labute approximate surface area is 126 Å². The molecule has 1 aromatic heterocycles. The lowest BCUT2D eigenvalue weighted by Gasteiger charge is -2.09. The topological polar surface area (TPSA) is 98.0 Å². The number of nitrogens with zero attached hydrogens (tertiary/aromatic N) is 2. The van der Waals surface area contributed by atoms with Crippen LogP contribution in [0.25, 0.3) is 0 Å². The summed E-state index contributed by atoms with van der Waals surface area (Å²) in [5, 5.41) is 0.451. The molecule has 0 amide bonds. The molecule has 3 N–H and O–H groups in total. The number of nitrogen functional groups attached to an aromatic ring is 1. The van der Waals surface area contributed by atoms with Crippen LogP contribution in [0, 0.1) is 6.92 Å². The smallest absolute Gasteiger partial charge is 0.264 e. The molecule has 0 fully saturated rings. The highest BCUT2D eigenvalue weighted by Crippen LogP contribution is 2.27. The molecule has 0 aliphatic heterocycles. The molecule has 0 aliphatic rings. The van der Waals surface area contributed by atoms with Crippen molar-refractivity contribution in [2.24, 2.45) is 0 Å². The molecule has 1 heterocycles. The number of nitrogens with one attached hydrogen (secondary N) is 1. The van der Waals surface area contributed by atoms with Crippen molar-refractivity contribution in [1.29, 1.82) is 0 Å². The second-order valence-corrected chi connectivity index (χ2v) is 6.40. The molecule has 0 saturated carbocycles. The van der Waals surface area contributed by atoms with E-state index >= 15 is 0 Å². The summed E-state index contributed by atoms with van der Waals surface area (Å²) in [6.45, 7) is 1.66. The van der Waals surface area contributed by atoms with Crippen molar-refractivity contribution in [2.75, 3.05) is 10.5 Å². The Bertz CT molecular complexity index is 742. The fraction of sp³-hybridized carbons (Fsp3) is 0.0909. The number of aromatic nitrogens is 2. The Kier molecular flexibility index (Phi) is 4.03. The number of sulfonamides is 1. The van der Waals surface area contributed by atoms with Gasteiger partial charge in [-0.05, 0) is 30.7 Å². The Morgan fingerprint density at radius 1 is 1.30 bits per heavy atom. The predicted octanol–water partition coefficient (Wildman–Crippen LogP) is 2.47. The zero-order valence-corrected chi connectivity index (χ0v) is 12.6. The minimum Gasteiger partial charge on any atom is -0.397 e. The van der Waals surface area contributed by atoms with Crippen LogP contribution in [0.2, 0.25) is 10.2 Å². The van der Waals surface area contributed by atoms with Crippen LogP contribution in [0.15, 0.2) is 29.3 Å². The number of aryl methyl sites for hydroxylation is 1. The molecule has 0 unspecified atom stereocenters. The summed E-state index contributed by atoms with van der Waals surface area (Å²) in [5.74, 6) is -0.122. The van der Waals surface area contributed by atoms with E-state index in [1.54, 1.807) is 6.92 Å². The number of halogens is 2. The number of benzene rings is 1. The SMILES string of the molecule is Cc1cc(S(=O)(=O)Nc2nccc(Cl)n2)cc(N)c1Cl. The first-order valence-corrected chi connectivity index (χ1v) is 7.60. The van der Waals surface area contributed by atoms with Crippen molar-refractivity contribution in [3.8, 4) is 0 Å². The van der Waals surface area contributed by atoms with Gasteiger partial charge in [0.1, 0.15) is 5.15 Å². The first-order chi connectivity index (χ1) is 9.29. The third-order valence-corrected chi connectivity index (χ3v) is 4.45. The Hall–Kier alpha value is -1.57. The highest BCUT2D eigenvalue weighted by atomic mass is 35.5. The monoisotopic (exact) mass is 332 g/mol. The second kappa shape index (κ2) is 5.43. The lowest BCUT2D eigenvalue weighted by Crippen LogP contribution is -2.15. The average Bonchev–Trinajstić information content (AvgIpc) is 2.34. The lowest BCUT2D eigenvalue weighted by molar-refractivity contribution is 0.600. The van der Waals surface area contributed by atoms with E-state index in [0.29, 0.717) is 10.6 Å². The van der Waals surface area contributed by atoms with Crippen LogP contribution >= 0.6 is 23.2 Å². The standard InChI is InChI=1S/C11H10Cl2N4O2S/c1-6-4-7(5-8(14)10(6)13)20(18,19)17-11-15-3-2-9(12)16-11/h2-5H,14H2,1H3,(H,15,16,17). The van der Waals surface area contributed by atoms with Crippen LogP contribution in [0.3, 0.4) is 0 Å². The van der Waals surface area contributed by atoms with Gasteiger partial charge in [0.25, 0.3) is 10.0 Å². The highest BCUT2D eigenvalue weighted by molar-refractivity contribution is 7.92. The van der Waals surface area contributed by atoms with Crippen LogP contribution in [-0.2, 0) is 10.0 Å². The number of rotatable bonds is 3. The van der Waals surface area contributed by atoms with Crippen LogP contribution in [0.5, 0.6) is 0 Å². The summed E-state index contributed by atoms with van der Waals surface area (Å²) in [6.07, 6.45) is 1.34. The van der Waals surface area contributed by atoms with E-state index in [1.165, 1.54) is 24.4 Å². The minimum absolute atomic E-state index is 0.0273. The molecule has 0 aliphatic carbocycles. The number of hydrogen-bond donors (Lipinski definition) is 2. The van der Waals surface area contributed by atoms with Gasteiger partial charge in [-0.1, -0.05) is 23.2 Å². The van der Waals surface area contributed by atoms with Gasteiger partial charge < -0.3 is 5.73 Å². The van der Waals surface area contributed by atoms with Gasteiger partial charge in [0, 0.05) is 6.20 Å². The van der Waals surface area contributed by atoms with Crippen molar-refractivity contribution in [2.45, 2.75) is 11.8 Å². The molecule has 6 nitrogen and oxygen atoms in total. The van der Waals surface area contributed by atoms with Crippen LogP contribution in [0.4, 0.5) is 11.6 Å². The van der Waals surface area contributed by atoms with Gasteiger partial charge in [0.05, 0.1) is 15.6 Å². The summed E-state index contributed by atoms with van der Waals surface area (Å²) < 4.78 is 26.6. The normalized spacial score (nSPS) is 11.3.